The van der Waals surface area contributed by atoms with Crippen LogP contribution < -0.4 is 10.5 Å². The molecule has 2 aromatic heterocycles. The Morgan fingerprint density at radius 2 is 2.21 bits per heavy atom. The highest BCUT2D eigenvalue weighted by atomic mass is 32.2. The van der Waals surface area contributed by atoms with Crippen LogP contribution >= 0.6 is 22.7 Å². The van der Waals surface area contributed by atoms with Gasteiger partial charge in [-0.2, -0.15) is 0 Å². The Kier molecular flexibility index (Phi) is 4.56. The van der Waals surface area contributed by atoms with E-state index in [2.05, 4.69) is 9.71 Å². The molecule has 0 spiro atoms. The molecule has 5 nitrogen and oxygen atoms in total. The van der Waals surface area contributed by atoms with E-state index in [4.69, 9.17) is 5.73 Å². The molecular formula is C11H15N3O2S3. The zero-order valence-electron chi connectivity index (χ0n) is 10.4. The van der Waals surface area contributed by atoms with Gasteiger partial charge in [0.05, 0.1) is 5.69 Å². The molecule has 0 unspecified atom stereocenters. The van der Waals surface area contributed by atoms with Gasteiger partial charge in [-0.15, -0.1) is 22.7 Å². The number of thiazole rings is 1. The van der Waals surface area contributed by atoms with Gasteiger partial charge in [-0.25, -0.2) is 18.1 Å². The lowest BCUT2D eigenvalue weighted by molar-refractivity contribution is 0.583. The fraction of sp³-hybridized carbons (Fsp3) is 0.364. The van der Waals surface area contributed by atoms with Crippen molar-refractivity contribution in [2.75, 3.05) is 12.3 Å². The van der Waals surface area contributed by atoms with E-state index in [0.717, 1.165) is 17.0 Å². The number of rotatable bonds is 6. The van der Waals surface area contributed by atoms with Crippen molar-refractivity contribution in [3.63, 3.8) is 0 Å². The van der Waals surface area contributed by atoms with Crippen LogP contribution in [0.4, 0.5) is 5.13 Å². The summed E-state index contributed by atoms with van der Waals surface area (Å²) in [4.78, 5) is 5.15. The zero-order chi connectivity index (χ0) is 13.9. The second-order valence-corrected chi connectivity index (χ2v) is 7.95. The Balaban J connectivity index is 1.94. The van der Waals surface area contributed by atoms with Crippen molar-refractivity contribution >= 4 is 37.8 Å². The number of nitrogens with one attached hydrogen (secondary N) is 1. The Labute approximate surface area is 120 Å². The maximum atomic E-state index is 12.0. The minimum Gasteiger partial charge on any atom is -0.375 e. The van der Waals surface area contributed by atoms with E-state index in [1.807, 2.05) is 18.4 Å². The van der Waals surface area contributed by atoms with E-state index in [0.29, 0.717) is 22.3 Å². The average Bonchev–Trinajstić information content (AvgIpc) is 2.98. The molecule has 0 bridgehead atoms. The van der Waals surface area contributed by atoms with Gasteiger partial charge in [0, 0.05) is 23.2 Å². The summed E-state index contributed by atoms with van der Waals surface area (Å²) in [6.45, 7) is 2.33. The van der Waals surface area contributed by atoms with Crippen LogP contribution in [0.25, 0.3) is 0 Å². The van der Waals surface area contributed by atoms with Crippen molar-refractivity contribution in [1.82, 2.24) is 9.71 Å². The molecule has 0 amide bonds. The van der Waals surface area contributed by atoms with E-state index >= 15 is 0 Å². The van der Waals surface area contributed by atoms with Gasteiger partial charge in [0.25, 0.3) is 0 Å². The zero-order valence-corrected chi connectivity index (χ0v) is 12.9. The van der Waals surface area contributed by atoms with Gasteiger partial charge < -0.3 is 5.73 Å². The predicted molar refractivity (Wildman–Crippen MR) is 79.1 cm³/mol. The number of hydrogen-bond donors (Lipinski definition) is 2. The predicted octanol–water partition coefficient (Wildman–Crippen LogP) is 1.87. The van der Waals surface area contributed by atoms with Crippen molar-refractivity contribution in [2.45, 2.75) is 24.0 Å². The second kappa shape index (κ2) is 6.00. The third-order valence-corrected chi connectivity index (χ3v) is 6.40. The summed E-state index contributed by atoms with van der Waals surface area (Å²) in [6.07, 6.45) is 1.39. The number of hydrogen-bond acceptors (Lipinski definition) is 6. The highest BCUT2D eigenvalue weighted by Crippen LogP contribution is 2.21. The molecule has 0 atom stereocenters. The first-order chi connectivity index (χ1) is 9.01. The third kappa shape index (κ3) is 3.75. The van der Waals surface area contributed by atoms with Crippen LogP contribution in [0.3, 0.4) is 0 Å². The number of thiophene rings is 1. The minimum atomic E-state index is -3.40. The van der Waals surface area contributed by atoms with Gasteiger partial charge in [0.2, 0.25) is 10.0 Å². The van der Waals surface area contributed by atoms with Gasteiger partial charge in [-0.3, -0.25) is 0 Å². The number of nitrogens with two attached hydrogens (primary N) is 1. The van der Waals surface area contributed by atoms with Crippen LogP contribution in [-0.4, -0.2) is 19.9 Å². The standard InChI is InChI=1S/C11H15N3O2S3/c1-2-9-3-4-10(18-9)19(15,16)13-6-5-8-7-17-11(12)14-8/h3-4,7,13H,2,5-6H2,1H3,(H2,12,14). The lowest BCUT2D eigenvalue weighted by Gasteiger charge is -2.03. The van der Waals surface area contributed by atoms with Crippen molar-refractivity contribution in [3.05, 3.63) is 28.1 Å². The molecule has 0 saturated heterocycles. The van der Waals surface area contributed by atoms with Gasteiger partial charge in [0.1, 0.15) is 4.21 Å². The molecule has 0 fully saturated rings. The molecule has 0 aromatic carbocycles. The van der Waals surface area contributed by atoms with E-state index in [1.54, 1.807) is 6.07 Å². The fourth-order valence-electron chi connectivity index (χ4n) is 1.51. The highest BCUT2D eigenvalue weighted by molar-refractivity contribution is 7.91. The summed E-state index contributed by atoms with van der Waals surface area (Å²) in [5.41, 5.74) is 6.33. The summed E-state index contributed by atoms with van der Waals surface area (Å²) in [7, 11) is -3.40. The summed E-state index contributed by atoms with van der Waals surface area (Å²) in [5.74, 6) is 0. The molecule has 2 rings (SSSR count). The highest BCUT2D eigenvalue weighted by Gasteiger charge is 2.16. The number of aryl methyl sites for hydroxylation is 1. The summed E-state index contributed by atoms with van der Waals surface area (Å²) in [6, 6.07) is 3.49. The largest absolute Gasteiger partial charge is 0.375 e. The summed E-state index contributed by atoms with van der Waals surface area (Å²) in [5, 5.41) is 2.34. The first-order valence-corrected chi connectivity index (χ1v) is 8.97. The molecule has 0 saturated carbocycles. The maximum Gasteiger partial charge on any atom is 0.250 e. The van der Waals surface area contributed by atoms with Crippen LogP contribution in [0.1, 0.15) is 17.5 Å². The van der Waals surface area contributed by atoms with Crippen LogP contribution in [0.5, 0.6) is 0 Å². The monoisotopic (exact) mass is 317 g/mol. The van der Waals surface area contributed by atoms with Crippen LogP contribution in [-0.2, 0) is 22.9 Å². The molecule has 104 valence electrons. The minimum absolute atomic E-state index is 0.324. The summed E-state index contributed by atoms with van der Waals surface area (Å²) < 4.78 is 27.0. The summed E-state index contributed by atoms with van der Waals surface area (Å²) >= 11 is 2.66. The molecule has 3 N–H and O–H groups in total. The fourth-order valence-corrected chi connectivity index (χ4v) is 4.48. The number of nitrogens with zero attached hydrogens (tertiary/aromatic N) is 1. The molecular weight excluding hydrogens is 302 g/mol. The molecule has 0 aliphatic carbocycles. The Hall–Kier alpha value is -0.960. The van der Waals surface area contributed by atoms with E-state index in [9.17, 15) is 8.42 Å². The molecule has 0 aliphatic heterocycles. The third-order valence-electron chi connectivity index (χ3n) is 2.49. The van der Waals surface area contributed by atoms with Gasteiger partial charge in [-0.1, -0.05) is 6.92 Å². The van der Waals surface area contributed by atoms with Crippen molar-refractivity contribution in [2.24, 2.45) is 0 Å². The first kappa shape index (κ1) is 14.4. The van der Waals surface area contributed by atoms with Gasteiger partial charge in [-0.05, 0) is 18.6 Å². The molecule has 0 aliphatic rings. The first-order valence-electron chi connectivity index (χ1n) is 5.79. The quantitative estimate of drug-likeness (QED) is 0.852. The SMILES string of the molecule is CCc1ccc(S(=O)(=O)NCCc2csc(N)n2)s1. The normalized spacial score (nSPS) is 11.8. The second-order valence-electron chi connectivity index (χ2n) is 3.90. The van der Waals surface area contributed by atoms with Crippen molar-refractivity contribution in [1.29, 1.82) is 0 Å². The molecule has 8 heteroatoms. The number of sulfonamides is 1. The molecule has 2 heterocycles. The smallest absolute Gasteiger partial charge is 0.250 e. The van der Waals surface area contributed by atoms with E-state index < -0.39 is 10.0 Å². The van der Waals surface area contributed by atoms with Crippen molar-refractivity contribution in [3.8, 4) is 0 Å². The van der Waals surface area contributed by atoms with Gasteiger partial charge in [0.15, 0.2) is 5.13 Å². The lowest BCUT2D eigenvalue weighted by Crippen LogP contribution is -2.25. The Morgan fingerprint density at radius 1 is 1.42 bits per heavy atom. The lowest BCUT2D eigenvalue weighted by atomic mass is 10.3. The Bertz CT molecular complexity index is 646. The van der Waals surface area contributed by atoms with Gasteiger partial charge >= 0.3 is 0 Å². The number of nitrogen functional groups attached to an aromatic ring is 1. The van der Waals surface area contributed by atoms with Crippen LogP contribution in [0, 0.1) is 0 Å². The molecule has 19 heavy (non-hydrogen) atoms. The van der Waals surface area contributed by atoms with Crippen LogP contribution in [0.2, 0.25) is 0 Å². The van der Waals surface area contributed by atoms with E-state index in [-0.39, 0.29) is 0 Å². The Morgan fingerprint density at radius 3 is 2.79 bits per heavy atom. The maximum absolute atomic E-state index is 12.0. The van der Waals surface area contributed by atoms with E-state index in [1.165, 1.54) is 22.7 Å². The molecule has 0 radical (unpaired) electrons. The average molecular weight is 317 g/mol. The topological polar surface area (TPSA) is 85.1 Å². The molecule has 2 aromatic rings. The van der Waals surface area contributed by atoms with Crippen LogP contribution in [0.15, 0.2) is 21.7 Å². The van der Waals surface area contributed by atoms with Crippen molar-refractivity contribution < 1.29 is 8.42 Å². The number of aromatic nitrogens is 1. The number of anilines is 1.